The number of hydrogen-bond donors (Lipinski definition) is 1. The molecule has 3 heterocycles. The molecule has 0 aliphatic carbocycles. The van der Waals surface area contributed by atoms with Crippen molar-refractivity contribution < 1.29 is 17.9 Å². The van der Waals surface area contributed by atoms with Crippen molar-refractivity contribution in [3.8, 4) is 5.88 Å². The molecule has 1 aromatic heterocycles. The molecule has 98 valence electrons. The van der Waals surface area contributed by atoms with Crippen LogP contribution in [0.15, 0.2) is 0 Å². The van der Waals surface area contributed by atoms with Gasteiger partial charge in [-0.1, -0.05) is 0 Å². The van der Waals surface area contributed by atoms with Gasteiger partial charge in [0.25, 0.3) is 0 Å². The molecule has 1 aromatic rings. The summed E-state index contributed by atoms with van der Waals surface area (Å²) in [6.45, 7) is 0. The molecule has 3 rings (SSSR count). The molecule has 1 fully saturated rings. The van der Waals surface area contributed by atoms with Gasteiger partial charge in [-0.2, -0.15) is 18.2 Å². The number of rotatable bonds is 1. The van der Waals surface area contributed by atoms with Crippen molar-refractivity contribution in [3.05, 3.63) is 17.1 Å². The Hall–Kier alpha value is -1.37. The summed E-state index contributed by atoms with van der Waals surface area (Å²) in [5.41, 5.74) is 1.17. The van der Waals surface area contributed by atoms with Gasteiger partial charge in [0, 0.05) is 18.5 Å². The summed E-state index contributed by atoms with van der Waals surface area (Å²) in [6.07, 6.45) is -2.19. The first-order valence-corrected chi connectivity index (χ1v) is 5.77. The smallest absolute Gasteiger partial charge is 0.451 e. The molecule has 0 amide bonds. The van der Waals surface area contributed by atoms with E-state index in [1.165, 1.54) is 7.11 Å². The lowest BCUT2D eigenvalue weighted by atomic mass is 10.0. The summed E-state index contributed by atoms with van der Waals surface area (Å²) in [5, 5.41) is 3.34. The Morgan fingerprint density at radius 3 is 2.72 bits per heavy atom. The van der Waals surface area contributed by atoms with Crippen molar-refractivity contribution in [2.24, 2.45) is 0 Å². The predicted octanol–water partition coefficient (Wildman–Crippen LogP) is 1.85. The van der Waals surface area contributed by atoms with Crippen LogP contribution in [0.25, 0.3) is 0 Å². The maximum absolute atomic E-state index is 12.7. The number of nitrogens with zero attached hydrogens (tertiary/aromatic N) is 2. The monoisotopic (exact) mass is 259 g/mol. The molecule has 18 heavy (non-hydrogen) atoms. The second-order valence-corrected chi connectivity index (χ2v) is 4.61. The van der Waals surface area contributed by atoms with E-state index >= 15 is 0 Å². The van der Waals surface area contributed by atoms with E-state index in [4.69, 9.17) is 4.74 Å². The van der Waals surface area contributed by atoms with Crippen molar-refractivity contribution in [1.82, 2.24) is 15.3 Å². The van der Waals surface area contributed by atoms with Gasteiger partial charge in [0.2, 0.25) is 11.7 Å². The zero-order valence-electron chi connectivity index (χ0n) is 9.71. The molecule has 0 aromatic carbocycles. The Bertz CT molecular complexity index is 489. The number of ether oxygens (including phenoxy) is 1. The van der Waals surface area contributed by atoms with Crippen LogP contribution < -0.4 is 10.1 Å². The van der Waals surface area contributed by atoms with Gasteiger partial charge in [0.1, 0.15) is 0 Å². The van der Waals surface area contributed by atoms with E-state index in [-0.39, 0.29) is 18.0 Å². The molecule has 4 nitrogen and oxygen atoms in total. The van der Waals surface area contributed by atoms with Crippen molar-refractivity contribution >= 4 is 0 Å². The minimum Gasteiger partial charge on any atom is -0.481 e. The number of fused-ring (bicyclic) bond motifs is 4. The van der Waals surface area contributed by atoms with Gasteiger partial charge in [-0.3, -0.25) is 0 Å². The zero-order chi connectivity index (χ0) is 12.9. The molecule has 1 N–H and O–H groups in total. The summed E-state index contributed by atoms with van der Waals surface area (Å²) in [6, 6.07) is 0.249. The lowest BCUT2D eigenvalue weighted by molar-refractivity contribution is -0.145. The molecule has 2 aliphatic rings. The Morgan fingerprint density at radius 1 is 1.28 bits per heavy atom. The van der Waals surface area contributed by atoms with Crippen LogP contribution in [0.1, 0.15) is 36.0 Å². The van der Waals surface area contributed by atoms with Crippen molar-refractivity contribution in [3.63, 3.8) is 0 Å². The molecule has 0 radical (unpaired) electrons. The average Bonchev–Trinajstić information content (AvgIpc) is 2.69. The number of halogens is 3. The molecule has 1 saturated heterocycles. The van der Waals surface area contributed by atoms with Crippen LogP contribution in [0.2, 0.25) is 0 Å². The fourth-order valence-corrected chi connectivity index (χ4v) is 2.72. The van der Waals surface area contributed by atoms with Gasteiger partial charge >= 0.3 is 6.18 Å². The topological polar surface area (TPSA) is 47.0 Å². The second kappa shape index (κ2) is 3.81. The maximum atomic E-state index is 12.7. The van der Waals surface area contributed by atoms with E-state index in [1.54, 1.807) is 0 Å². The highest BCUT2D eigenvalue weighted by Crippen LogP contribution is 2.40. The molecule has 7 heteroatoms. The van der Waals surface area contributed by atoms with Crippen LogP contribution in [0.3, 0.4) is 0 Å². The van der Waals surface area contributed by atoms with Crippen molar-refractivity contribution in [1.29, 1.82) is 0 Å². The number of alkyl halides is 3. The van der Waals surface area contributed by atoms with Crippen LogP contribution >= 0.6 is 0 Å². The van der Waals surface area contributed by atoms with Crippen LogP contribution in [0.4, 0.5) is 13.2 Å². The number of nitrogens with one attached hydrogen (secondary N) is 1. The lowest BCUT2D eigenvalue weighted by Gasteiger charge is -2.25. The second-order valence-electron chi connectivity index (χ2n) is 4.61. The molecular weight excluding hydrogens is 247 g/mol. The summed E-state index contributed by atoms with van der Waals surface area (Å²) in [7, 11) is 1.34. The third kappa shape index (κ3) is 1.73. The number of hydrogen-bond acceptors (Lipinski definition) is 4. The molecule has 2 aliphatic heterocycles. The van der Waals surface area contributed by atoms with E-state index in [9.17, 15) is 13.2 Å². The summed E-state index contributed by atoms with van der Waals surface area (Å²) >= 11 is 0. The maximum Gasteiger partial charge on any atom is 0.451 e. The standard InChI is InChI=1S/C11H12F3N3O/c1-18-9-8-6-3-2-5(15-6)4-7(8)16-10(17-9)11(12,13)14/h5-6,15H,2-4H2,1H3. The first kappa shape index (κ1) is 11.7. The summed E-state index contributed by atoms with van der Waals surface area (Å²) < 4.78 is 43.1. The SMILES string of the molecule is COc1nc(C(F)(F)F)nc2c1C1CCC(C2)N1. The Kier molecular flexibility index (Phi) is 2.48. The van der Waals surface area contributed by atoms with Crippen LogP contribution in [0.5, 0.6) is 5.88 Å². The number of methoxy groups -OCH3 is 1. The highest BCUT2D eigenvalue weighted by molar-refractivity contribution is 5.38. The average molecular weight is 259 g/mol. The molecule has 2 atom stereocenters. The lowest BCUT2D eigenvalue weighted by Crippen LogP contribution is -2.34. The fourth-order valence-electron chi connectivity index (χ4n) is 2.72. The Morgan fingerprint density at radius 2 is 2.06 bits per heavy atom. The van der Waals surface area contributed by atoms with Crippen LogP contribution in [-0.4, -0.2) is 23.1 Å². The minimum absolute atomic E-state index is 0.0241. The van der Waals surface area contributed by atoms with E-state index in [0.29, 0.717) is 17.7 Å². The van der Waals surface area contributed by atoms with Gasteiger partial charge < -0.3 is 10.1 Å². The van der Waals surface area contributed by atoms with E-state index in [2.05, 4.69) is 15.3 Å². The van der Waals surface area contributed by atoms with Crippen molar-refractivity contribution in [2.45, 2.75) is 37.5 Å². The summed E-state index contributed by atoms with van der Waals surface area (Å²) in [4.78, 5) is 7.17. The zero-order valence-corrected chi connectivity index (χ0v) is 9.71. The first-order chi connectivity index (χ1) is 8.49. The number of aromatic nitrogens is 2. The Labute approximate surface area is 102 Å². The predicted molar refractivity (Wildman–Crippen MR) is 56.2 cm³/mol. The normalized spacial score (nSPS) is 26.0. The molecule has 0 spiro atoms. The van der Waals surface area contributed by atoms with E-state index in [1.807, 2.05) is 0 Å². The van der Waals surface area contributed by atoms with Crippen LogP contribution in [0, 0.1) is 0 Å². The van der Waals surface area contributed by atoms with Gasteiger partial charge in [-0.15, -0.1) is 0 Å². The molecule has 2 unspecified atom stereocenters. The highest BCUT2D eigenvalue weighted by Gasteiger charge is 2.41. The largest absolute Gasteiger partial charge is 0.481 e. The third-order valence-corrected chi connectivity index (χ3v) is 3.47. The molecular formula is C11H12F3N3O. The quantitative estimate of drug-likeness (QED) is 0.836. The van der Waals surface area contributed by atoms with E-state index < -0.39 is 12.0 Å². The van der Waals surface area contributed by atoms with Gasteiger partial charge in [0.05, 0.1) is 18.4 Å². The fraction of sp³-hybridized carbons (Fsp3) is 0.636. The molecule has 2 bridgehead atoms. The molecule has 0 saturated carbocycles. The van der Waals surface area contributed by atoms with Gasteiger partial charge in [0.15, 0.2) is 0 Å². The van der Waals surface area contributed by atoms with Gasteiger partial charge in [-0.05, 0) is 12.8 Å². The van der Waals surface area contributed by atoms with Crippen molar-refractivity contribution in [2.75, 3.05) is 7.11 Å². The van der Waals surface area contributed by atoms with E-state index in [0.717, 1.165) is 12.8 Å². The highest BCUT2D eigenvalue weighted by atomic mass is 19.4. The third-order valence-electron chi connectivity index (χ3n) is 3.47. The van der Waals surface area contributed by atoms with Crippen LogP contribution in [-0.2, 0) is 12.6 Å². The Balaban J connectivity index is 2.14. The minimum atomic E-state index is -4.54. The van der Waals surface area contributed by atoms with Gasteiger partial charge in [-0.25, -0.2) is 4.98 Å². The first-order valence-electron chi connectivity index (χ1n) is 5.77. The summed E-state index contributed by atoms with van der Waals surface area (Å²) in [5.74, 6) is -1.07.